The Hall–Kier alpha value is -0.160. The minimum atomic E-state index is 0.923. The average molecular weight is 375 g/mol. The Kier molecular flexibility index (Phi) is 5.22. The second kappa shape index (κ2) is 6.69. The average Bonchev–Trinajstić information content (AvgIpc) is 2.71. The third kappa shape index (κ3) is 4.54. The Labute approximate surface area is 123 Å². The molecule has 0 aliphatic carbocycles. The number of rotatable bonds is 5. The molecule has 1 nitrogen and oxygen atoms in total. The topological polar surface area (TPSA) is 12.0 Å². The van der Waals surface area contributed by atoms with Crippen LogP contribution in [0.5, 0.6) is 0 Å². The number of hydrogen-bond acceptors (Lipinski definition) is 2. The van der Waals surface area contributed by atoms with Gasteiger partial charge in [0.05, 0.1) is 3.79 Å². The quantitative estimate of drug-likeness (QED) is 0.753. The van der Waals surface area contributed by atoms with Crippen molar-refractivity contribution in [1.29, 1.82) is 0 Å². The van der Waals surface area contributed by atoms with E-state index in [9.17, 15) is 0 Å². The van der Waals surface area contributed by atoms with Gasteiger partial charge in [0, 0.05) is 22.4 Å². The summed E-state index contributed by atoms with van der Waals surface area (Å²) in [5, 5.41) is 3.46. The smallest absolute Gasteiger partial charge is 0.0701 e. The summed E-state index contributed by atoms with van der Waals surface area (Å²) in [7, 11) is 0. The third-order valence-corrected chi connectivity index (χ3v) is 4.57. The zero-order valence-corrected chi connectivity index (χ0v) is 13.2. The van der Waals surface area contributed by atoms with Crippen LogP contribution in [0, 0.1) is 0 Å². The molecule has 1 N–H and O–H groups in total. The van der Waals surface area contributed by atoms with Crippen LogP contribution < -0.4 is 5.32 Å². The molecule has 4 heteroatoms. The molecule has 17 heavy (non-hydrogen) atoms. The first-order chi connectivity index (χ1) is 8.24. The molecule has 0 aliphatic heterocycles. The molecular weight excluding hydrogens is 362 g/mol. The van der Waals surface area contributed by atoms with Crippen LogP contribution in [0.25, 0.3) is 0 Å². The summed E-state index contributed by atoms with van der Waals surface area (Å²) in [6.07, 6.45) is 1.09. The second-order valence-corrected chi connectivity index (χ2v) is 7.23. The molecule has 0 unspecified atom stereocenters. The van der Waals surface area contributed by atoms with Gasteiger partial charge in [0.1, 0.15) is 0 Å². The summed E-state index contributed by atoms with van der Waals surface area (Å²) >= 11 is 8.76. The van der Waals surface area contributed by atoms with E-state index in [0.717, 1.165) is 24.0 Å². The fourth-order valence-corrected chi connectivity index (χ4v) is 3.51. The number of thiophene rings is 1. The van der Waals surface area contributed by atoms with Crippen molar-refractivity contribution in [2.24, 2.45) is 0 Å². The Morgan fingerprint density at radius 2 is 2.00 bits per heavy atom. The summed E-state index contributed by atoms with van der Waals surface area (Å²) in [6, 6.07) is 12.7. The molecule has 0 fully saturated rings. The molecule has 0 saturated heterocycles. The van der Waals surface area contributed by atoms with E-state index in [0.29, 0.717) is 0 Å². The SMILES string of the molecule is Brc1cccc(CNCCc2ccc(Br)s2)c1. The fraction of sp³-hybridized carbons (Fsp3) is 0.231. The van der Waals surface area contributed by atoms with Crippen LogP contribution in [0.15, 0.2) is 44.7 Å². The summed E-state index contributed by atoms with van der Waals surface area (Å²) < 4.78 is 2.35. The Balaban J connectivity index is 1.73. The molecule has 0 bridgehead atoms. The number of benzene rings is 1. The molecule has 0 atom stereocenters. The van der Waals surface area contributed by atoms with Crippen molar-refractivity contribution in [3.63, 3.8) is 0 Å². The number of hydrogen-bond donors (Lipinski definition) is 1. The molecule has 0 radical (unpaired) electrons. The van der Waals surface area contributed by atoms with Crippen molar-refractivity contribution in [2.75, 3.05) is 6.54 Å². The molecular formula is C13H13Br2NS. The zero-order chi connectivity index (χ0) is 12.1. The summed E-state index contributed by atoms with van der Waals surface area (Å²) in [5.74, 6) is 0. The Morgan fingerprint density at radius 3 is 2.71 bits per heavy atom. The van der Waals surface area contributed by atoms with Gasteiger partial charge in [-0.15, -0.1) is 11.3 Å². The van der Waals surface area contributed by atoms with Crippen molar-refractivity contribution in [3.8, 4) is 0 Å². The number of nitrogens with one attached hydrogen (secondary N) is 1. The second-order valence-electron chi connectivity index (χ2n) is 3.76. The van der Waals surface area contributed by atoms with E-state index >= 15 is 0 Å². The predicted octanol–water partition coefficient (Wildman–Crippen LogP) is 4.61. The molecule has 2 aromatic rings. The van der Waals surface area contributed by atoms with E-state index in [2.05, 4.69) is 67.5 Å². The van der Waals surface area contributed by atoms with E-state index in [1.165, 1.54) is 14.2 Å². The molecule has 0 amide bonds. The van der Waals surface area contributed by atoms with Gasteiger partial charge in [-0.05, 0) is 52.2 Å². The van der Waals surface area contributed by atoms with Crippen LogP contribution in [-0.2, 0) is 13.0 Å². The highest BCUT2D eigenvalue weighted by atomic mass is 79.9. The molecule has 1 heterocycles. The highest BCUT2D eigenvalue weighted by Gasteiger charge is 1.98. The third-order valence-electron chi connectivity index (χ3n) is 2.40. The van der Waals surface area contributed by atoms with Crippen molar-refractivity contribution in [2.45, 2.75) is 13.0 Å². The molecule has 2 rings (SSSR count). The van der Waals surface area contributed by atoms with Crippen LogP contribution in [-0.4, -0.2) is 6.54 Å². The van der Waals surface area contributed by atoms with Gasteiger partial charge >= 0.3 is 0 Å². The van der Waals surface area contributed by atoms with Crippen LogP contribution in [0.3, 0.4) is 0 Å². The van der Waals surface area contributed by atoms with Crippen LogP contribution in [0.1, 0.15) is 10.4 Å². The standard InChI is InChI=1S/C13H13Br2NS/c14-11-3-1-2-10(8-11)9-16-7-6-12-4-5-13(15)17-12/h1-5,8,16H,6-7,9H2. The molecule has 0 saturated carbocycles. The van der Waals surface area contributed by atoms with E-state index in [1.807, 2.05) is 6.07 Å². The minimum absolute atomic E-state index is 0.923. The lowest BCUT2D eigenvalue weighted by Crippen LogP contribution is -2.16. The largest absolute Gasteiger partial charge is 0.312 e. The first-order valence-corrected chi connectivity index (χ1v) is 7.83. The van der Waals surface area contributed by atoms with E-state index in [-0.39, 0.29) is 0 Å². The van der Waals surface area contributed by atoms with Gasteiger partial charge in [-0.3, -0.25) is 0 Å². The fourth-order valence-electron chi connectivity index (χ4n) is 1.58. The maximum absolute atomic E-state index is 3.48. The van der Waals surface area contributed by atoms with Crippen molar-refractivity contribution < 1.29 is 0 Å². The minimum Gasteiger partial charge on any atom is -0.312 e. The molecule has 0 spiro atoms. The lowest BCUT2D eigenvalue weighted by molar-refractivity contribution is 0.690. The molecule has 90 valence electrons. The van der Waals surface area contributed by atoms with Crippen molar-refractivity contribution >= 4 is 43.2 Å². The maximum atomic E-state index is 3.48. The Morgan fingerprint density at radius 1 is 1.12 bits per heavy atom. The first-order valence-electron chi connectivity index (χ1n) is 5.43. The van der Waals surface area contributed by atoms with Gasteiger partial charge in [0.25, 0.3) is 0 Å². The number of halogens is 2. The van der Waals surface area contributed by atoms with Crippen LogP contribution in [0.4, 0.5) is 0 Å². The molecule has 1 aromatic heterocycles. The highest BCUT2D eigenvalue weighted by molar-refractivity contribution is 9.11. The van der Waals surface area contributed by atoms with E-state index in [4.69, 9.17) is 0 Å². The molecule has 1 aromatic carbocycles. The lowest BCUT2D eigenvalue weighted by Gasteiger charge is -2.04. The van der Waals surface area contributed by atoms with Crippen LogP contribution >= 0.6 is 43.2 Å². The summed E-state index contributed by atoms with van der Waals surface area (Å²) in [4.78, 5) is 1.42. The predicted molar refractivity (Wildman–Crippen MR) is 81.6 cm³/mol. The van der Waals surface area contributed by atoms with E-state index in [1.54, 1.807) is 11.3 Å². The Bertz CT molecular complexity index is 482. The maximum Gasteiger partial charge on any atom is 0.0701 e. The van der Waals surface area contributed by atoms with Gasteiger partial charge < -0.3 is 5.32 Å². The van der Waals surface area contributed by atoms with Crippen molar-refractivity contribution in [3.05, 3.63) is 55.1 Å². The monoisotopic (exact) mass is 373 g/mol. The summed E-state index contributed by atoms with van der Waals surface area (Å²) in [5.41, 5.74) is 1.31. The van der Waals surface area contributed by atoms with Gasteiger partial charge in [-0.25, -0.2) is 0 Å². The first kappa shape index (κ1) is 13.3. The van der Waals surface area contributed by atoms with E-state index < -0.39 is 0 Å². The zero-order valence-electron chi connectivity index (χ0n) is 9.25. The van der Waals surface area contributed by atoms with Crippen LogP contribution in [0.2, 0.25) is 0 Å². The van der Waals surface area contributed by atoms with Crippen molar-refractivity contribution in [1.82, 2.24) is 5.32 Å². The normalized spacial score (nSPS) is 10.7. The lowest BCUT2D eigenvalue weighted by atomic mass is 10.2. The van der Waals surface area contributed by atoms with Gasteiger partial charge in [0.2, 0.25) is 0 Å². The van der Waals surface area contributed by atoms with Gasteiger partial charge in [-0.1, -0.05) is 28.1 Å². The summed E-state index contributed by atoms with van der Waals surface area (Å²) in [6.45, 7) is 1.94. The molecule has 0 aliphatic rings. The van der Waals surface area contributed by atoms with Gasteiger partial charge in [0.15, 0.2) is 0 Å². The van der Waals surface area contributed by atoms with Gasteiger partial charge in [-0.2, -0.15) is 0 Å². The highest BCUT2D eigenvalue weighted by Crippen LogP contribution is 2.22.